The number of ether oxygens (including phenoxy) is 1. The average Bonchev–Trinajstić information content (AvgIpc) is 2.86. The number of hydrogen-bond donors (Lipinski definition) is 2. The summed E-state index contributed by atoms with van der Waals surface area (Å²) in [6.07, 6.45) is 5.24. The first-order valence-corrected chi connectivity index (χ1v) is 8.87. The molecule has 0 atom stereocenters. The maximum atomic E-state index is 12.1. The Bertz CT molecular complexity index is 489. The monoisotopic (exact) mass is 318 g/mol. The number of anilines is 2. The van der Waals surface area contributed by atoms with E-state index in [-0.39, 0.29) is 5.91 Å². The molecule has 0 radical (unpaired) electrons. The summed E-state index contributed by atoms with van der Waals surface area (Å²) in [5.74, 6) is 0.0874. The molecule has 0 saturated carbocycles. The molecule has 1 amide bonds. The molecule has 2 fully saturated rings. The second-order valence-electron chi connectivity index (χ2n) is 6.54. The molecular formula is C18H28N3O2+. The van der Waals surface area contributed by atoms with E-state index in [1.165, 1.54) is 36.3 Å². The Kier molecular flexibility index (Phi) is 5.88. The first-order valence-electron chi connectivity index (χ1n) is 8.87. The summed E-state index contributed by atoms with van der Waals surface area (Å²) in [4.78, 5) is 15.9. The molecule has 126 valence electrons. The molecule has 0 unspecified atom stereocenters. The number of rotatable bonds is 4. The first-order chi connectivity index (χ1) is 11.3. The fourth-order valence-electron chi connectivity index (χ4n) is 3.35. The van der Waals surface area contributed by atoms with Crippen molar-refractivity contribution in [2.75, 3.05) is 56.2 Å². The molecular weight excluding hydrogens is 290 g/mol. The molecule has 0 bridgehead atoms. The molecule has 2 aliphatic rings. The van der Waals surface area contributed by atoms with Crippen LogP contribution >= 0.6 is 0 Å². The Morgan fingerprint density at radius 2 is 1.70 bits per heavy atom. The zero-order valence-electron chi connectivity index (χ0n) is 13.9. The van der Waals surface area contributed by atoms with E-state index in [1.807, 2.05) is 12.1 Å². The van der Waals surface area contributed by atoms with E-state index < -0.39 is 0 Å². The van der Waals surface area contributed by atoms with Crippen LogP contribution in [0.1, 0.15) is 25.7 Å². The number of benzene rings is 1. The van der Waals surface area contributed by atoms with Crippen LogP contribution in [0, 0.1) is 0 Å². The Morgan fingerprint density at radius 3 is 2.35 bits per heavy atom. The Morgan fingerprint density at radius 1 is 1.04 bits per heavy atom. The van der Waals surface area contributed by atoms with Gasteiger partial charge in [-0.15, -0.1) is 0 Å². The van der Waals surface area contributed by atoms with Gasteiger partial charge in [0.15, 0.2) is 6.54 Å². The molecule has 2 saturated heterocycles. The Hall–Kier alpha value is -1.59. The minimum atomic E-state index is 0.0874. The highest BCUT2D eigenvalue weighted by Gasteiger charge is 2.17. The molecule has 2 N–H and O–H groups in total. The molecule has 0 spiro atoms. The van der Waals surface area contributed by atoms with Crippen molar-refractivity contribution in [3.8, 4) is 0 Å². The van der Waals surface area contributed by atoms with E-state index in [9.17, 15) is 4.79 Å². The van der Waals surface area contributed by atoms with E-state index in [2.05, 4.69) is 22.3 Å². The van der Waals surface area contributed by atoms with Crippen LogP contribution in [-0.4, -0.2) is 51.8 Å². The lowest BCUT2D eigenvalue weighted by molar-refractivity contribution is -0.899. The van der Waals surface area contributed by atoms with Crippen molar-refractivity contribution in [2.45, 2.75) is 25.7 Å². The van der Waals surface area contributed by atoms with Gasteiger partial charge in [0.1, 0.15) is 13.1 Å². The highest BCUT2D eigenvalue weighted by atomic mass is 16.5. The van der Waals surface area contributed by atoms with Crippen molar-refractivity contribution in [3.63, 3.8) is 0 Å². The van der Waals surface area contributed by atoms with Crippen LogP contribution in [0.4, 0.5) is 11.4 Å². The lowest BCUT2D eigenvalue weighted by Crippen LogP contribution is -3.15. The van der Waals surface area contributed by atoms with Crippen molar-refractivity contribution in [3.05, 3.63) is 24.3 Å². The van der Waals surface area contributed by atoms with Crippen LogP contribution in [0.25, 0.3) is 0 Å². The van der Waals surface area contributed by atoms with Gasteiger partial charge in [0.25, 0.3) is 5.91 Å². The van der Waals surface area contributed by atoms with Crippen molar-refractivity contribution in [1.82, 2.24) is 0 Å². The molecule has 2 heterocycles. The first kappa shape index (κ1) is 16.3. The van der Waals surface area contributed by atoms with Gasteiger partial charge in [0.2, 0.25) is 0 Å². The van der Waals surface area contributed by atoms with Crippen molar-refractivity contribution < 1.29 is 14.4 Å². The lowest BCUT2D eigenvalue weighted by Gasteiger charge is -2.24. The third-order valence-electron chi connectivity index (χ3n) is 4.73. The largest absolute Gasteiger partial charge is 0.372 e. The summed E-state index contributed by atoms with van der Waals surface area (Å²) in [5.41, 5.74) is 2.16. The van der Waals surface area contributed by atoms with Crippen LogP contribution in [0.2, 0.25) is 0 Å². The number of quaternary nitrogens is 1. The molecule has 23 heavy (non-hydrogen) atoms. The summed E-state index contributed by atoms with van der Waals surface area (Å²) in [6.45, 7) is 6.17. The van der Waals surface area contributed by atoms with Gasteiger partial charge < -0.3 is 19.9 Å². The van der Waals surface area contributed by atoms with E-state index in [0.29, 0.717) is 6.54 Å². The molecule has 1 aromatic carbocycles. The lowest BCUT2D eigenvalue weighted by atomic mass is 10.2. The number of hydrogen-bond acceptors (Lipinski definition) is 3. The number of morpholine rings is 1. The van der Waals surface area contributed by atoms with E-state index in [1.54, 1.807) is 0 Å². The SMILES string of the molecule is O=C(C[NH+]1CCOCC1)Nc1ccc(N2CCCCCC2)cc1. The molecule has 5 heteroatoms. The van der Waals surface area contributed by atoms with Crippen LogP contribution in [0.3, 0.4) is 0 Å². The summed E-state index contributed by atoms with van der Waals surface area (Å²) in [5, 5.41) is 3.01. The highest BCUT2D eigenvalue weighted by molar-refractivity contribution is 5.91. The third kappa shape index (κ3) is 4.94. The fourth-order valence-corrected chi connectivity index (χ4v) is 3.35. The maximum absolute atomic E-state index is 12.1. The van der Waals surface area contributed by atoms with E-state index in [4.69, 9.17) is 4.74 Å². The molecule has 3 rings (SSSR count). The molecule has 0 aromatic heterocycles. The second kappa shape index (κ2) is 8.31. The topological polar surface area (TPSA) is 46.0 Å². The zero-order chi connectivity index (χ0) is 15.9. The zero-order valence-corrected chi connectivity index (χ0v) is 13.9. The predicted molar refractivity (Wildman–Crippen MR) is 92.1 cm³/mol. The summed E-state index contributed by atoms with van der Waals surface area (Å²) in [7, 11) is 0. The summed E-state index contributed by atoms with van der Waals surface area (Å²) >= 11 is 0. The van der Waals surface area contributed by atoms with Gasteiger partial charge in [-0.3, -0.25) is 4.79 Å². The van der Waals surface area contributed by atoms with Gasteiger partial charge in [-0.1, -0.05) is 12.8 Å². The fraction of sp³-hybridized carbons (Fsp3) is 0.611. The average molecular weight is 318 g/mol. The normalized spacial score (nSPS) is 20.1. The standard InChI is InChI=1S/C18H27N3O2/c22-18(15-20-11-13-23-14-12-20)19-16-5-7-17(8-6-16)21-9-3-1-2-4-10-21/h5-8H,1-4,9-15H2,(H,19,22)/p+1. The molecule has 0 aliphatic carbocycles. The van der Waals surface area contributed by atoms with Gasteiger partial charge in [0, 0.05) is 24.5 Å². The molecule has 2 aliphatic heterocycles. The number of carbonyl (C=O) groups is 1. The summed E-state index contributed by atoms with van der Waals surface area (Å²) in [6, 6.07) is 8.30. The van der Waals surface area contributed by atoms with Gasteiger partial charge in [0.05, 0.1) is 13.2 Å². The van der Waals surface area contributed by atoms with E-state index in [0.717, 1.165) is 45.1 Å². The number of nitrogens with zero attached hydrogens (tertiary/aromatic N) is 1. The third-order valence-corrected chi connectivity index (χ3v) is 4.73. The van der Waals surface area contributed by atoms with Crippen LogP contribution in [0.15, 0.2) is 24.3 Å². The number of amides is 1. The predicted octanol–water partition coefficient (Wildman–Crippen LogP) is 0.921. The second-order valence-corrected chi connectivity index (χ2v) is 6.54. The van der Waals surface area contributed by atoms with Crippen LogP contribution in [-0.2, 0) is 9.53 Å². The number of nitrogens with one attached hydrogen (secondary N) is 2. The van der Waals surface area contributed by atoms with Gasteiger partial charge in [-0.05, 0) is 37.1 Å². The van der Waals surface area contributed by atoms with Crippen molar-refractivity contribution in [1.29, 1.82) is 0 Å². The molecule has 5 nitrogen and oxygen atoms in total. The number of carbonyl (C=O) groups excluding carboxylic acids is 1. The Balaban J connectivity index is 1.51. The highest BCUT2D eigenvalue weighted by Crippen LogP contribution is 2.21. The van der Waals surface area contributed by atoms with Crippen LogP contribution in [0.5, 0.6) is 0 Å². The van der Waals surface area contributed by atoms with Crippen molar-refractivity contribution >= 4 is 17.3 Å². The van der Waals surface area contributed by atoms with Crippen molar-refractivity contribution in [2.24, 2.45) is 0 Å². The quantitative estimate of drug-likeness (QED) is 0.868. The van der Waals surface area contributed by atoms with Gasteiger partial charge in [-0.2, -0.15) is 0 Å². The van der Waals surface area contributed by atoms with Gasteiger partial charge >= 0.3 is 0 Å². The van der Waals surface area contributed by atoms with Gasteiger partial charge in [-0.25, -0.2) is 0 Å². The summed E-state index contributed by atoms with van der Waals surface area (Å²) < 4.78 is 5.32. The smallest absolute Gasteiger partial charge is 0.279 e. The minimum Gasteiger partial charge on any atom is -0.372 e. The van der Waals surface area contributed by atoms with Crippen LogP contribution < -0.4 is 15.1 Å². The van der Waals surface area contributed by atoms with E-state index >= 15 is 0 Å². The maximum Gasteiger partial charge on any atom is 0.279 e. The minimum absolute atomic E-state index is 0.0874. The molecule has 1 aromatic rings. The Labute approximate surface area is 138 Å².